The molecule has 0 saturated carbocycles. The molecule has 0 saturated heterocycles. The standard InChI is InChI=1S/C59H115NO4/c1-3-5-7-9-11-13-15-17-19-21-23-24-25-26-27-28-29-30-31-32-33-34-35-36-38-40-42-44-46-48-50-52-54-58(63)59(64)60-56(55-61)57(62)53-51-49-47-45-43-41-39-37-22-20-18-16-14-12-10-8-6-4-2/h26-27,51,53,56-58,61-63H,3-25,28-50,52,54-55H2,1-2H3,(H,60,64)/b27-26-,53-51+. The molecule has 0 radical (unpaired) electrons. The molecule has 0 aromatic heterocycles. The first-order valence-electron chi connectivity index (χ1n) is 29.2. The maximum Gasteiger partial charge on any atom is 0.249 e. The van der Waals surface area contributed by atoms with E-state index in [9.17, 15) is 20.1 Å². The number of hydrogen-bond donors (Lipinski definition) is 4. The number of carbonyl (C=O) groups is 1. The first-order valence-corrected chi connectivity index (χ1v) is 29.2. The van der Waals surface area contributed by atoms with Crippen molar-refractivity contribution >= 4 is 5.91 Å². The van der Waals surface area contributed by atoms with Gasteiger partial charge in [-0.25, -0.2) is 0 Å². The fraction of sp³-hybridized carbons (Fsp3) is 0.915. The van der Waals surface area contributed by atoms with Crippen LogP contribution in [0.4, 0.5) is 0 Å². The Bertz CT molecular complexity index is 951. The molecule has 0 fully saturated rings. The molecule has 380 valence electrons. The Hall–Kier alpha value is -1.17. The Morgan fingerprint density at radius 2 is 0.625 bits per heavy atom. The Morgan fingerprint density at radius 3 is 0.906 bits per heavy atom. The first-order chi connectivity index (χ1) is 31.6. The van der Waals surface area contributed by atoms with Gasteiger partial charge in [0.05, 0.1) is 18.8 Å². The molecule has 4 N–H and O–H groups in total. The van der Waals surface area contributed by atoms with Crippen LogP contribution in [0.25, 0.3) is 0 Å². The van der Waals surface area contributed by atoms with Crippen molar-refractivity contribution in [2.24, 2.45) is 0 Å². The summed E-state index contributed by atoms with van der Waals surface area (Å²) in [6.45, 7) is 4.22. The summed E-state index contributed by atoms with van der Waals surface area (Å²) in [5, 5.41) is 33.4. The maximum absolute atomic E-state index is 12.6. The zero-order valence-electron chi connectivity index (χ0n) is 43.4. The number of hydrogen-bond acceptors (Lipinski definition) is 4. The number of aliphatic hydroxyl groups is 3. The lowest BCUT2D eigenvalue weighted by Crippen LogP contribution is -2.48. The third kappa shape index (κ3) is 48.8. The minimum absolute atomic E-state index is 0.360. The zero-order chi connectivity index (χ0) is 46.5. The van der Waals surface area contributed by atoms with E-state index in [2.05, 4.69) is 31.3 Å². The third-order valence-corrected chi connectivity index (χ3v) is 13.8. The van der Waals surface area contributed by atoms with Crippen molar-refractivity contribution in [3.8, 4) is 0 Å². The molecule has 1 amide bonds. The van der Waals surface area contributed by atoms with Gasteiger partial charge in [0, 0.05) is 0 Å². The number of nitrogens with one attached hydrogen (secondary N) is 1. The lowest BCUT2D eigenvalue weighted by atomic mass is 10.0. The monoisotopic (exact) mass is 902 g/mol. The van der Waals surface area contributed by atoms with E-state index in [0.29, 0.717) is 6.42 Å². The Labute approximate surface area is 401 Å². The SMILES string of the molecule is CCCCCCCCCCCCCC/C=C\CCCCCCCCCCCCCCCCCCC(O)C(=O)NC(CO)C(O)/C=C/CCCCCCCCCCCCCCCCCC. The van der Waals surface area contributed by atoms with Crippen LogP contribution in [-0.4, -0.2) is 46.1 Å². The quantitative estimate of drug-likeness (QED) is 0.0362. The van der Waals surface area contributed by atoms with Crippen LogP contribution in [-0.2, 0) is 4.79 Å². The molecule has 0 spiro atoms. The van der Waals surface area contributed by atoms with Crippen LogP contribution in [0.1, 0.15) is 322 Å². The lowest BCUT2D eigenvalue weighted by molar-refractivity contribution is -0.131. The molecule has 0 bridgehead atoms. The van der Waals surface area contributed by atoms with Gasteiger partial charge >= 0.3 is 0 Å². The molecule has 5 heteroatoms. The Morgan fingerprint density at radius 1 is 0.375 bits per heavy atom. The average molecular weight is 903 g/mol. The molecule has 0 heterocycles. The van der Waals surface area contributed by atoms with E-state index in [4.69, 9.17) is 0 Å². The molecule has 0 rings (SSSR count). The average Bonchev–Trinajstić information content (AvgIpc) is 3.30. The van der Waals surface area contributed by atoms with Gasteiger partial charge in [0.25, 0.3) is 0 Å². The molecule has 0 aliphatic heterocycles. The van der Waals surface area contributed by atoms with Gasteiger partial charge in [0.1, 0.15) is 6.10 Å². The number of rotatable bonds is 54. The van der Waals surface area contributed by atoms with E-state index in [1.807, 2.05) is 6.08 Å². The Balaban J connectivity index is 3.51. The molecular weight excluding hydrogens is 787 g/mol. The fourth-order valence-electron chi connectivity index (χ4n) is 9.24. The van der Waals surface area contributed by atoms with E-state index in [0.717, 1.165) is 32.1 Å². The maximum atomic E-state index is 12.6. The second-order valence-electron chi connectivity index (χ2n) is 20.2. The Kier molecular flexibility index (Phi) is 53.4. The van der Waals surface area contributed by atoms with Crippen molar-refractivity contribution in [1.29, 1.82) is 0 Å². The number of amides is 1. The molecule has 64 heavy (non-hydrogen) atoms. The van der Waals surface area contributed by atoms with Crippen LogP contribution in [0.3, 0.4) is 0 Å². The van der Waals surface area contributed by atoms with Crippen LogP contribution in [0.15, 0.2) is 24.3 Å². The van der Waals surface area contributed by atoms with Crippen molar-refractivity contribution in [3.63, 3.8) is 0 Å². The highest BCUT2D eigenvalue weighted by Crippen LogP contribution is 2.18. The predicted octanol–water partition coefficient (Wildman–Crippen LogP) is 18.1. The smallest absolute Gasteiger partial charge is 0.249 e. The van der Waals surface area contributed by atoms with E-state index in [1.165, 1.54) is 270 Å². The molecule has 0 aromatic rings. The third-order valence-electron chi connectivity index (χ3n) is 13.8. The summed E-state index contributed by atoms with van der Waals surface area (Å²) in [6.07, 6.45) is 69.8. The van der Waals surface area contributed by atoms with E-state index >= 15 is 0 Å². The molecular formula is C59H115NO4. The second-order valence-corrected chi connectivity index (χ2v) is 20.2. The summed E-state index contributed by atoms with van der Waals surface area (Å²) in [5.74, 6) is -0.497. The van der Waals surface area contributed by atoms with Gasteiger partial charge in [-0.05, 0) is 44.9 Å². The van der Waals surface area contributed by atoms with E-state index < -0.39 is 24.2 Å². The number of unbranched alkanes of at least 4 members (excludes halogenated alkanes) is 44. The summed E-state index contributed by atoms with van der Waals surface area (Å²) in [7, 11) is 0. The second kappa shape index (κ2) is 54.4. The van der Waals surface area contributed by atoms with Gasteiger partial charge in [-0.15, -0.1) is 0 Å². The van der Waals surface area contributed by atoms with Crippen LogP contribution in [0.5, 0.6) is 0 Å². The molecule has 3 atom stereocenters. The lowest BCUT2D eigenvalue weighted by Gasteiger charge is -2.21. The van der Waals surface area contributed by atoms with Crippen LogP contribution >= 0.6 is 0 Å². The minimum atomic E-state index is -1.10. The summed E-state index contributed by atoms with van der Waals surface area (Å²) in [6, 6.07) is -0.796. The number of aliphatic hydroxyl groups excluding tert-OH is 3. The number of allylic oxidation sites excluding steroid dienone is 3. The highest BCUT2D eigenvalue weighted by molar-refractivity contribution is 5.80. The largest absolute Gasteiger partial charge is 0.394 e. The summed E-state index contributed by atoms with van der Waals surface area (Å²) >= 11 is 0. The van der Waals surface area contributed by atoms with Crippen molar-refractivity contribution in [2.45, 2.75) is 340 Å². The van der Waals surface area contributed by atoms with Gasteiger partial charge in [0.15, 0.2) is 0 Å². The molecule has 0 aliphatic rings. The van der Waals surface area contributed by atoms with Gasteiger partial charge in [-0.2, -0.15) is 0 Å². The van der Waals surface area contributed by atoms with E-state index in [-0.39, 0.29) is 6.61 Å². The van der Waals surface area contributed by atoms with Gasteiger partial charge in [-0.3, -0.25) is 4.79 Å². The first kappa shape index (κ1) is 62.8. The van der Waals surface area contributed by atoms with Gasteiger partial charge in [-0.1, -0.05) is 301 Å². The van der Waals surface area contributed by atoms with Crippen LogP contribution in [0.2, 0.25) is 0 Å². The topological polar surface area (TPSA) is 89.8 Å². The summed E-state index contributed by atoms with van der Waals surface area (Å²) in [4.78, 5) is 12.6. The summed E-state index contributed by atoms with van der Waals surface area (Å²) < 4.78 is 0. The molecule has 0 aliphatic carbocycles. The van der Waals surface area contributed by atoms with Gasteiger partial charge in [0.2, 0.25) is 5.91 Å². The highest BCUT2D eigenvalue weighted by atomic mass is 16.3. The zero-order valence-corrected chi connectivity index (χ0v) is 43.4. The predicted molar refractivity (Wildman–Crippen MR) is 282 cm³/mol. The molecule has 0 aromatic carbocycles. The highest BCUT2D eigenvalue weighted by Gasteiger charge is 2.22. The fourth-order valence-corrected chi connectivity index (χ4v) is 9.24. The van der Waals surface area contributed by atoms with Crippen molar-refractivity contribution < 1.29 is 20.1 Å². The summed E-state index contributed by atoms with van der Waals surface area (Å²) in [5.41, 5.74) is 0. The van der Waals surface area contributed by atoms with Gasteiger partial charge < -0.3 is 20.6 Å². The minimum Gasteiger partial charge on any atom is -0.394 e. The van der Waals surface area contributed by atoms with Crippen LogP contribution < -0.4 is 5.32 Å². The molecule has 5 nitrogen and oxygen atoms in total. The van der Waals surface area contributed by atoms with Crippen molar-refractivity contribution in [2.75, 3.05) is 6.61 Å². The van der Waals surface area contributed by atoms with Crippen LogP contribution in [0, 0.1) is 0 Å². The normalized spacial score (nSPS) is 13.4. The molecule has 3 unspecified atom stereocenters. The van der Waals surface area contributed by atoms with Crippen molar-refractivity contribution in [1.82, 2.24) is 5.32 Å². The van der Waals surface area contributed by atoms with E-state index in [1.54, 1.807) is 6.08 Å². The number of carbonyl (C=O) groups excluding carboxylic acids is 1. The van der Waals surface area contributed by atoms with Crippen molar-refractivity contribution in [3.05, 3.63) is 24.3 Å².